The normalized spacial score (nSPS) is 20.5. The van der Waals surface area contributed by atoms with E-state index in [1.165, 1.54) is 5.56 Å². The Kier molecular flexibility index (Phi) is 4.38. The Morgan fingerprint density at radius 3 is 2.89 bits per heavy atom. The van der Waals surface area contributed by atoms with Crippen LogP contribution < -0.4 is 5.32 Å². The molecule has 0 saturated carbocycles. The summed E-state index contributed by atoms with van der Waals surface area (Å²) in [6, 6.07) is 10.3. The topological polar surface area (TPSA) is 32.3 Å². The molecule has 0 spiro atoms. The van der Waals surface area contributed by atoms with E-state index >= 15 is 0 Å². The second-order valence-electron chi connectivity index (χ2n) is 4.38. The smallest absolute Gasteiger partial charge is 0.221 e. The molecular formula is C15H18N2O. The molecule has 94 valence electrons. The predicted octanol–water partition coefficient (Wildman–Crippen LogP) is 1.57. The molecule has 0 radical (unpaired) electrons. The lowest BCUT2D eigenvalue weighted by molar-refractivity contribution is -0.121. The molecule has 0 aromatic heterocycles. The van der Waals surface area contributed by atoms with Gasteiger partial charge >= 0.3 is 0 Å². The van der Waals surface area contributed by atoms with Gasteiger partial charge in [0.25, 0.3) is 0 Å². The number of benzene rings is 1. The average molecular weight is 242 g/mol. The van der Waals surface area contributed by atoms with Gasteiger partial charge in [0.2, 0.25) is 5.91 Å². The van der Waals surface area contributed by atoms with E-state index in [2.05, 4.69) is 34.2 Å². The van der Waals surface area contributed by atoms with Gasteiger partial charge in [0.1, 0.15) is 0 Å². The zero-order valence-electron chi connectivity index (χ0n) is 10.6. The largest absolute Gasteiger partial charge is 0.355 e. The third kappa shape index (κ3) is 3.12. The molecule has 2 rings (SSSR count). The minimum atomic E-state index is 0.121. The highest BCUT2D eigenvalue weighted by Crippen LogP contribution is 2.24. The van der Waals surface area contributed by atoms with E-state index in [1.54, 1.807) is 0 Å². The number of rotatable bonds is 2. The van der Waals surface area contributed by atoms with Crippen LogP contribution in [-0.2, 0) is 4.79 Å². The quantitative estimate of drug-likeness (QED) is 0.798. The monoisotopic (exact) mass is 242 g/mol. The van der Waals surface area contributed by atoms with Gasteiger partial charge in [-0.2, -0.15) is 0 Å². The molecule has 1 saturated heterocycles. The minimum absolute atomic E-state index is 0.121. The van der Waals surface area contributed by atoms with Crippen LogP contribution in [0.2, 0.25) is 0 Å². The van der Waals surface area contributed by atoms with E-state index in [4.69, 9.17) is 0 Å². The lowest BCUT2D eigenvalue weighted by atomic mass is 10.0. The lowest BCUT2D eigenvalue weighted by Gasteiger charge is -2.27. The molecule has 1 fully saturated rings. The number of carbonyl (C=O) groups excluding carboxylic acids is 1. The van der Waals surface area contributed by atoms with Crippen molar-refractivity contribution in [3.05, 3.63) is 35.9 Å². The predicted molar refractivity (Wildman–Crippen MR) is 71.8 cm³/mol. The van der Waals surface area contributed by atoms with Crippen molar-refractivity contribution in [2.75, 3.05) is 19.6 Å². The highest BCUT2D eigenvalue weighted by Gasteiger charge is 2.25. The van der Waals surface area contributed by atoms with E-state index in [0.717, 1.165) is 6.54 Å². The van der Waals surface area contributed by atoms with Gasteiger partial charge in [0.05, 0.1) is 6.54 Å². The summed E-state index contributed by atoms with van der Waals surface area (Å²) < 4.78 is 0. The molecule has 1 aliphatic heterocycles. The second kappa shape index (κ2) is 6.23. The van der Waals surface area contributed by atoms with Crippen molar-refractivity contribution in [3.63, 3.8) is 0 Å². The fraction of sp³-hybridized carbons (Fsp3) is 0.400. The fourth-order valence-corrected chi connectivity index (χ4v) is 2.25. The number of hydrogen-bond acceptors (Lipinski definition) is 2. The van der Waals surface area contributed by atoms with E-state index < -0.39 is 0 Å². The fourth-order valence-electron chi connectivity index (χ4n) is 2.25. The van der Waals surface area contributed by atoms with Crippen LogP contribution in [0, 0.1) is 11.8 Å². The number of amides is 1. The van der Waals surface area contributed by atoms with Crippen LogP contribution in [0.4, 0.5) is 0 Å². The van der Waals surface area contributed by atoms with Crippen LogP contribution in [0.5, 0.6) is 0 Å². The summed E-state index contributed by atoms with van der Waals surface area (Å²) in [6.07, 6.45) is 0.509. The minimum Gasteiger partial charge on any atom is -0.355 e. The highest BCUT2D eigenvalue weighted by atomic mass is 16.1. The van der Waals surface area contributed by atoms with Gasteiger partial charge in [-0.3, -0.25) is 9.69 Å². The van der Waals surface area contributed by atoms with Crippen LogP contribution in [0.15, 0.2) is 30.3 Å². The molecule has 0 bridgehead atoms. The van der Waals surface area contributed by atoms with Gasteiger partial charge in [0, 0.05) is 25.6 Å². The van der Waals surface area contributed by atoms with Crippen LogP contribution in [0.1, 0.15) is 24.9 Å². The summed E-state index contributed by atoms with van der Waals surface area (Å²) >= 11 is 0. The summed E-state index contributed by atoms with van der Waals surface area (Å²) in [5, 5.41) is 2.92. The maximum atomic E-state index is 11.7. The van der Waals surface area contributed by atoms with Crippen molar-refractivity contribution in [1.82, 2.24) is 10.2 Å². The van der Waals surface area contributed by atoms with Crippen molar-refractivity contribution < 1.29 is 4.79 Å². The van der Waals surface area contributed by atoms with Gasteiger partial charge in [-0.05, 0) is 12.5 Å². The highest BCUT2D eigenvalue weighted by molar-refractivity contribution is 5.77. The van der Waals surface area contributed by atoms with E-state index in [1.807, 2.05) is 25.1 Å². The van der Waals surface area contributed by atoms with Crippen molar-refractivity contribution in [1.29, 1.82) is 0 Å². The number of carbonyl (C=O) groups is 1. The molecular weight excluding hydrogens is 224 g/mol. The first kappa shape index (κ1) is 12.7. The van der Waals surface area contributed by atoms with Crippen molar-refractivity contribution in [2.24, 2.45) is 0 Å². The Hall–Kier alpha value is -1.79. The third-order valence-corrected chi connectivity index (χ3v) is 3.18. The molecule has 1 amide bonds. The molecule has 18 heavy (non-hydrogen) atoms. The summed E-state index contributed by atoms with van der Waals surface area (Å²) in [5.74, 6) is 6.14. The maximum absolute atomic E-state index is 11.7. The zero-order valence-corrected chi connectivity index (χ0v) is 10.6. The first-order valence-electron chi connectivity index (χ1n) is 6.26. The third-order valence-electron chi connectivity index (χ3n) is 3.18. The van der Waals surface area contributed by atoms with E-state index in [9.17, 15) is 4.79 Å². The number of nitrogens with zero attached hydrogens (tertiary/aromatic N) is 1. The average Bonchev–Trinajstić information content (AvgIpc) is 2.59. The van der Waals surface area contributed by atoms with Crippen LogP contribution in [0.3, 0.4) is 0 Å². The van der Waals surface area contributed by atoms with Crippen LogP contribution >= 0.6 is 0 Å². The lowest BCUT2D eigenvalue weighted by Crippen LogP contribution is -2.31. The van der Waals surface area contributed by atoms with Crippen molar-refractivity contribution in [3.8, 4) is 11.8 Å². The van der Waals surface area contributed by atoms with Gasteiger partial charge in [-0.1, -0.05) is 36.3 Å². The summed E-state index contributed by atoms with van der Waals surface area (Å²) in [6.45, 7) is 4.11. The molecule has 1 aromatic carbocycles. The molecule has 1 aromatic rings. The summed E-state index contributed by atoms with van der Waals surface area (Å²) in [4.78, 5) is 14.0. The molecule has 1 heterocycles. The molecule has 3 nitrogen and oxygen atoms in total. The first-order valence-corrected chi connectivity index (χ1v) is 6.26. The molecule has 0 aliphatic carbocycles. The zero-order chi connectivity index (χ0) is 12.8. The van der Waals surface area contributed by atoms with Gasteiger partial charge in [0.15, 0.2) is 0 Å². The Labute approximate surface area is 108 Å². The Balaban J connectivity index is 2.23. The Bertz CT molecular complexity index is 458. The standard InChI is InChI=1S/C15H18N2O/c1-2-3-10-17-11-9-16-15(18)12-14(17)13-7-5-4-6-8-13/h4-8,14H,9-12H2,1H3,(H,16,18)/t14-/m1/s1. The number of nitrogens with one attached hydrogen (secondary N) is 1. The van der Waals surface area contributed by atoms with Gasteiger partial charge in [-0.25, -0.2) is 0 Å². The molecule has 1 atom stereocenters. The van der Waals surface area contributed by atoms with Gasteiger partial charge < -0.3 is 5.32 Å². The van der Waals surface area contributed by atoms with E-state index in [-0.39, 0.29) is 11.9 Å². The first-order chi connectivity index (χ1) is 8.81. The molecule has 3 heteroatoms. The molecule has 1 N–H and O–H groups in total. The maximum Gasteiger partial charge on any atom is 0.221 e. The van der Waals surface area contributed by atoms with E-state index in [0.29, 0.717) is 19.5 Å². The number of hydrogen-bond donors (Lipinski definition) is 1. The Morgan fingerprint density at radius 2 is 2.17 bits per heavy atom. The van der Waals surface area contributed by atoms with Gasteiger partial charge in [-0.15, -0.1) is 5.92 Å². The second-order valence-corrected chi connectivity index (χ2v) is 4.38. The Morgan fingerprint density at radius 1 is 1.39 bits per heavy atom. The van der Waals surface area contributed by atoms with Crippen molar-refractivity contribution in [2.45, 2.75) is 19.4 Å². The van der Waals surface area contributed by atoms with Crippen molar-refractivity contribution >= 4 is 5.91 Å². The summed E-state index contributed by atoms with van der Waals surface area (Å²) in [5.41, 5.74) is 1.19. The van der Waals surface area contributed by atoms with Crippen LogP contribution in [-0.4, -0.2) is 30.4 Å². The molecule has 1 aliphatic rings. The van der Waals surface area contributed by atoms with Crippen LogP contribution in [0.25, 0.3) is 0 Å². The summed E-state index contributed by atoms with van der Waals surface area (Å²) in [7, 11) is 0. The SMILES string of the molecule is CC#CCN1CCNC(=O)C[C@@H]1c1ccccc1. The molecule has 0 unspecified atom stereocenters.